The van der Waals surface area contributed by atoms with Gasteiger partial charge in [-0.15, -0.1) is 0 Å². The van der Waals surface area contributed by atoms with Gasteiger partial charge >= 0.3 is 0 Å². The lowest BCUT2D eigenvalue weighted by atomic mass is 9.98. The number of carbonyl (C=O) groups excluding carboxylic acids is 3. The first-order chi connectivity index (χ1) is 23.4. The van der Waals surface area contributed by atoms with Crippen LogP contribution in [0.15, 0.2) is 77.7 Å². The Morgan fingerprint density at radius 3 is 2.35 bits per heavy atom. The zero-order valence-corrected chi connectivity index (χ0v) is 29.7. The summed E-state index contributed by atoms with van der Waals surface area (Å²) in [5.41, 5.74) is 2.99. The van der Waals surface area contributed by atoms with Gasteiger partial charge in [0.05, 0.1) is 26.9 Å². The summed E-state index contributed by atoms with van der Waals surface area (Å²) < 4.78 is 30.3. The van der Waals surface area contributed by atoms with Gasteiger partial charge in [0.15, 0.2) is 5.78 Å². The zero-order valence-electron chi connectivity index (χ0n) is 26.6. The molecule has 0 unspecified atom stereocenters. The van der Waals surface area contributed by atoms with Gasteiger partial charge in [0, 0.05) is 45.9 Å². The molecule has 2 amide bonds. The van der Waals surface area contributed by atoms with E-state index in [0.29, 0.717) is 58.1 Å². The third-order valence-electron chi connectivity index (χ3n) is 8.62. The molecule has 0 saturated carbocycles. The van der Waals surface area contributed by atoms with Gasteiger partial charge in [0.1, 0.15) is 5.69 Å². The average molecular weight is 738 g/mol. The van der Waals surface area contributed by atoms with E-state index in [0.717, 1.165) is 17.5 Å². The molecule has 0 bridgehead atoms. The SMILES string of the molecule is CCCCC(=O)c1nn(-c2ccc(C(=O)NS(=O)(=O)c3ccc4c(Cl)ccc(Cl)c4c3)cc2C(=O)N2CCc3ccccc3C2)c(C)c1Cl. The average Bonchev–Trinajstić information content (AvgIpc) is 3.40. The van der Waals surface area contributed by atoms with Crippen LogP contribution in [0.2, 0.25) is 15.1 Å². The zero-order chi connectivity index (χ0) is 35.0. The van der Waals surface area contributed by atoms with E-state index >= 15 is 0 Å². The van der Waals surface area contributed by atoms with E-state index in [1.54, 1.807) is 24.0 Å². The Bertz CT molecular complexity index is 2270. The molecule has 0 aliphatic carbocycles. The molecule has 1 aliphatic heterocycles. The number of nitrogens with zero attached hydrogens (tertiary/aromatic N) is 3. The molecular formula is C36H31Cl3N4O5S. The monoisotopic (exact) mass is 736 g/mol. The summed E-state index contributed by atoms with van der Waals surface area (Å²) in [5, 5.41) is 6.35. The number of ketones is 1. The molecule has 4 aromatic carbocycles. The number of Topliss-reactive ketones (excluding diaryl/α,β-unsaturated/α-hetero) is 1. The Morgan fingerprint density at radius 2 is 1.61 bits per heavy atom. The van der Waals surface area contributed by atoms with Gasteiger partial charge in [-0.25, -0.2) is 17.8 Å². The Hall–Kier alpha value is -4.22. The molecule has 5 aromatic rings. The van der Waals surface area contributed by atoms with Crippen LogP contribution in [0.5, 0.6) is 0 Å². The number of aromatic nitrogens is 2. The largest absolute Gasteiger partial charge is 0.334 e. The van der Waals surface area contributed by atoms with Crippen molar-refractivity contribution in [2.24, 2.45) is 0 Å². The number of unbranched alkanes of at least 4 members (excludes halogenated alkanes) is 1. The molecule has 13 heteroatoms. The maximum Gasteiger partial charge on any atom is 0.265 e. The summed E-state index contributed by atoms with van der Waals surface area (Å²) in [4.78, 5) is 42.2. The van der Waals surface area contributed by atoms with Crippen molar-refractivity contribution in [2.75, 3.05) is 6.54 Å². The first-order valence-corrected chi connectivity index (χ1v) is 18.2. The molecule has 0 radical (unpaired) electrons. The molecule has 0 spiro atoms. The fraction of sp³-hybridized carbons (Fsp3) is 0.222. The van der Waals surface area contributed by atoms with Gasteiger partial charge in [-0.2, -0.15) is 5.10 Å². The third kappa shape index (κ3) is 6.83. The first-order valence-electron chi connectivity index (χ1n) is 15.6. The summed E-state index contributed by atoms with van der Waals surface area (Å²) in [6.07, 6.45) is 2.41. The number of rotatable bonds is 9. The van der Waals surface area contributed by atoms with Crippen molar-refractivity contribution in [3.05, 3.63) is 122 Å². The maximum absolute atomic E-state index is 14.3. The highest BCUT2D eigenvalue weighted by Gasteiger charge is 2.29. The van der Waals surface area contributed by atoms with Crippen LogP contribution >= 0.6 is 34.8 Å². The van der Waals surface area contributed by atoms with E-state index in [9.17, 15) is 22.8 Å². The Kier molecular flexibility index (Phi) is 9.86. The van der Waals surface area contributed by atoms with E-state index in [4.69, 9.17) is 34.8 Å². The smallest absolute Gasteiger partial charge is 0.265 e. The van der Waals surface area contributed by atoms with Crippen molar-refractivity contribution >= 4 is 73.2 Å². The molecule has 9 nitrogen and oxygen atoms in total. The third-order valence-corrected chi connectivity index (χ3v) is 11.1. The van der Waals surface area contributed by atoms with Crippen LogP contribution in [0.25, 0.3) is 16.5 Å². The topological polar surface area (TPSA) is 118 Å². The van der Waals surface area contributed by atoms with Crippen LogP contribution in [0, 0.1) is 6.92 Å². The van der Waals surface area contributed by atoms with E-state index < -0.39 is 21.8 Å². The summed E-state index contributed by atoms with van der Waals surface area (Å²) in [5.74, 6) is -1.56. The van der Waals surface area contributed by atoms with E-state index in [1.807, 2.05) is 31.2 Å². The molecule has 1 aliphatic rings. The molecule has 6 rings (SSSR count). The quantitative estimate of drug-likeness (QED) is 0.153. The normalized spacial score (nSPS) is 13.0. The number of nitrogens with one attached hydrogen (secondary N) is 1. The van der Waals surface area contributed by atoms with Crippen LogP contribution in [0.4, 0.5) is 0 Å². The van der Waals surface area contributed by atoms with Crippen LogP contribution in [-0.2, 0) is 23.0 Å². The second-order valence-corrected chi connectivity index (χ2v) is 14.7. The second-order valence-electron chi connectivity index (χ2n) is 11.8. The Morgan fingerprint density at radius 1 is 0.898 bits per heavy atom. The van der Waals surface area contributed by atoms with Crippen molar-refractivity contribution in [1.29, 1.82) is 0 Å². The predicted octanol–water partition coefficient (Wildman–Crippen LogP) is 7.98. The number of carbonyl (C=O) groups is 3. The number of sulfonamides is 1. The van der Waals surface area contributed by atoms with Crippen molar-refractivity contribution in [1.82, 2.24) is 19.4 Å². The van der Waals surface area contributed by atoms with E-state index in [-0.39, 0.29) is 38.9 Å². The number of amides is 2. The minimum atomic E-state index is -4.37. The molecule has 0 atom stereocenters. The van der Waals surface area contributed by atoms with E-state index in [2.05, 4.69) is 9.82 Å². The second kappa shape index (κ2) is 14.0. The van der Waals surface area contributed by atoms with Crippen molar-refractivity contribution in [3.8, 4) is 5.69 Å². The number of halogens is 3. The highest BCUT2D eigenvalue weighted by atomic mass is 35.5. The first kappa shape index (κ1) is 34.6. The number of hydrogen-bond donors (Lipinski definition) is 1. The lowest BCUT2D eigenvalue weighted by Gasteiger charge is -2.29. The molecule has 1 N–H and O–H groups in total. The maximum atomic E-state index is 14.3. The minimum absolute atomic E-state index is 0.0786. The summed E-state index contributed by atoms with van der Waals surface area (Å²) in [6, 6.07) is 19.4. The van der Waals surface area contributed by atoms with Crippen molar-refractivity contribution in [3.63, 3.8) is 0 Å². The van der Waals surface area contributed by atoms with Crippen LogP contribution in [0.1, 0.15) is 74.2 Å². The highest BCUT2D eigenvalue weighted by molar-refractivity contribution is 7.90. The fourth-order valence-electron chi connectivity index (χ4n) is 5.89. The van der Waals surface area contributed by atoms with Crippen LogP contribution in [-0.4, -0.2) is 47.2 Å². The van der Waals surface area contributed by atoms with Gasteiger partial charge in [-0.3, -0.25) is 14.4 Å². The minimum Gasteiger partial charge on any atom is -0.334 e. The summed E-state index contributed by atoms with van der Waals surface area (Å²) >= 11 is 19.2. The van der Waals surface area contributed by atoms with E-state index in [1.165, 1.54) is 41.1 Å². The standard InChI is InChI=1S/C36H31Cl3N4O5S/c1-3-4-9-32(44)34-33(39)21(2)43(40-34)31-15-10-23(18-28(31)36(46)42-17-16-22-7-5-6-8-24(22)20-42)35(45)41-49(47,48)25-11-12-26-27(19-25)30(38)14-13-29(26)37/h5-8,10-15,18-19H,3-4,9,16-17,20H2,1-2H3,(H,41,45). The Labute approximate surface area is 298 Å². The molecule has 2 heterocycles. The predicted molar refractivity (Wildman–Crippen MR) is 191 cm³/mol. The van der Waals surface area contributed by atoms with Crippen molar-refractivity contribution < 1.29 is 22.8 Å². The molecule has 49 heavy (non-hydrogen) atoms. The van der Waals surface area contributed by atoms with Crippen LogP contribution in [0.3, 0.4) is 0 Å². The lowest BCUT2D eigenvalue weighted by molar-refractivity contribution is 0.0734. The Balaban J connectivity index is 1.38. The molecule has 0 saturated heterocycles. The number of hydrogen-bond acceptors (Lipinski definition) is 6. The molecular weight excluding hydrogens is 707 g/mol. The molecule has 1 aromatic heterocycles. The number of benzene rings is 4. The van der Waals surface area contributed by atoms with Gasteiger partial charge < -0.3 is 4.90 Å². The van der Waals surface area contributed by atoms with Crippen LogP contribution < -0.4 is 4.72 Å². The lowest BCUT2D eigenvalue weighted by Crippen LogP contribution is -2.37. The van der Waals surface area contributed by atoms with Gasteiger partial charge in [0.25, 0.3) is 21.8 Å². The van der Waals surface area contributed by atoms with Crippen molar-refractivity contribution in [2.45, 2.75) is 51.0 Å². The molecule has 0 fully saturated rings. The summed E-state index contributed by atoms with van der Waals surface area (Å²) in [7, 11) is -4.37. The van der Waals surface area contributed by atoms with Gasteiger partial charge in [0.2, 0.25) is 0 Å². The molecule has 252 valence electrons. The fourth-order valence-corrected chi connectivity index (χ4v) is 7.56. The van der Waals surface area contributed by atoms with Gasteiger partial charge in [-0.05, 0) is 73.4 Å². The summed E-state index contributed by atoms with van der Waals surface area (Å²) in [6.45, 7) is 4.43. The highest BCUT2D eigenvalue weighted by Crippen LogP contribution is 2.32. The number of fused-ring (bicyclic) bond motifs is 2. The van der Waals surface area contributed by atoms with Gasteiger partial charge in [-0.1, -0.05) is 78.5 Å².